The Morgan fingerprint density at radius 2 is 1.87 bits per heavy atom. The molecule has 3 N–H and O–H groups in total. The lowest BCUT2D eigenvalue weighted by Gasteiger charge is -2.42. The molecule has 1 aliphatic carbocycles. The molecule has 126 valence electrons. The maximum absolute atomic E-state index is 11.4. The summed E-state index contributed by atoms with van der Waals surface area (Å²) >= 11 is 0. The van der Waals surface area contributed by atoms with Gasteiger partial charge in [0.2, 0.25) is 0 Å². The van der Waals surface area contributed by atoms with E-state index in [0.29, 0.717) is 5.56 Å². The molecule has 1 saturated carbocycles. The lowest BCUT2D eigenvalue weighted by Crippen LogP contribution is -2.51. The lowest BCUT2D eigenvalue weighted by atomic mass is 9.86. The number of hydrogen-bond acceptors (Lipinski definition) is 5. The third-order valence-electron chi connectivity index (χ3n) is 5.28. The van der Waals surface area contributed by atoms with Crippen molar-refractivity contribution in [1.82, 2.24) is 15.3 Å². The van der Waals surface area contributed by atoms with E-state index in [1.165, 1.54) is 25.7 Å². The fraction of sp³-hybridized carbons (Fsp3) is 0.647. The maximum atomic E-state index is 11.4. The molecular formula is C17H27N5O. The van der Waals surface area contributed by atoms with E-state index in [1.807, 2.05) is 6.07 Å². The van der Waals surface area contributed by atoms with Crippen molar-refractivity contribution in [2.24, 2.45) is 11.8 Å². The number of nitrogen functional groups attached to an aromatic ring is 1. The van der Waals surface area contributed by atoms with Gasteiger partial charge in [-0.3, -0.25) is 15.1 Å². The van der Waals surface area contributed by atoms with Gasteiger partial charge in [0.05, 0.1) is 5.56 Å². The van der Waals surface area contributed by atoms with Crippen LogP contribution in [0.2, 0.25) is 0 Å². The third-order valence-corrected chi connectivity index (χ3v) is 5.28. The Bertz CT molecular complexity index is 516. The van der Waals surface area contributed by atoms with E-state index in [4.69, 9.17) is 5.84 Å². The van der Waals surface area contributed by atoms with Crippen LogP contribution in [0.4, 0.5) is 5.82 Å². The molecule has 6 nitrogen and oxygen atoms in total. The van der Waals surface area contributed by atoms with E-state index >= 15 is 0 Å². The highest BCUT2D eigenvalue weighted by molar-refractivity contribution is 5.93. The van der Waals surface area contributed by atoms with E-state index in [1.54, 1.807) is 12.3 Å². The molecule has 0 unspecified atom stereocenters. The van der Waals surface area contributed by atoms with Crippen LogP contribution in [0.5, 0.6) is 0 Å². The van der Waals surface area contributed by atoms with Crippen molar-refractivity contribution in [3.63, 3.8) is 0 Å². The van der Waals surface area contributed by atoms with Crippen LogP contribution >= 0.6 is 0 Å². The van der Waals surface area contributed by atoms with Crippen molar-refractivity contribution < 1.29 is 4.79 Å². The first-order valence-electron chi connectivity index (χ1n) is 8.63. The Morgan fingerprint density at radius 3 is 2.43 bits per heavy atom. The normalized spacial score (nSPS) is 26.1. The number of pyridine rings is 1. The van der Waals surface area contributed by atoms with Crippen LogP contribution in [0.1, 0.15) is 43.0 Å². The second-order valence-electron chi connectivity index (χ2n) is 6.82. The van der Waals surface area contributed by atoms with Gasteiger partial charge in [0.1, 0.15) is 5.82 Å². The Balaban J connectivity index is 1.53. The lowest BCUT2D eigenvalue weighted by molar-refractivity contribution is 0.0953. The van der Waals surface area contributed by atoms with Crippen LogP contribution in [0.3, 0.4) is 0 Å². The number of aromatic nitrogens is 1. The quantitative estimate of drug-likeness (QED) is 0.500. The van der Waals surface area contributed by atoms with Gasteiger partial charge in [0.15, 0.2) is 0 Å². The Hall–Kier alpha value is -1.66. The number of hydrogen-bond donors (Lipinski definition) is 2. The molecule has 0 bridgehead atoms. The van der Waals surface area contributed by atoms with E-state index in [-0.39, 0.29) is 5.91 Å². The number of amides is 1. The van der Waals surface area contributed by atoms with Crippen LogP contribution in [0, 0.1) is 5.92 Å². The Kier molecular flexibility index (Phi) is 5.13. The van der Waals surface area contributed by atoms with Gasteiger partial charge in [-0.05, 0) is 43.7 Å². The molecule has 1 aromatic rings. The van der Waals surface area contributed by atoms with Gasteiger partial charge in [-0.25, -0.2) is 10.8 Å². The first-order valence-corrected chi connectivity index (χ1v) is 8.63. The summed E-state index contributed by atoms with van der Waals surface area (Å²) in [5, 5.41) is 0. The van der Waals surface area contributed by atoms with Gasteiger partial charge < -0.3 is 4.90 Å². The van der Waals surface area contributed by atoms with Crippen molar-refractivity contribution in [2.45, 2.75) is 38.6 Å². The number of rotatable bonds is 3. The summed E-state index contributed by atoms with van der Waals surface area (Å²) in [4.78, 5) is 20.8. The highest BCUT2D eigenvalue weighted by Crippen LogP contribution is 2.28. The first kappa shape index (κ1) is 16.2. The summed E-state index contributed by atoms with van der Waals surface area (Å²) in [5.74, 6) is 6.68. The fourth-order valence-electron chi connectivity index (χ4n) is 3.71. The zero-order chi connectivity index (χ0) is 16.2. The van der Waals surface area contributed by atoms with Gasteiger partial charge in [-0.15, -0.1) is 0 Å². The number of carbonyl (C=O) groups is 1. The average Bonchev–Trinajstić information content (AvgIpc) is 2.62. The summed E-state index contributed by atoms with van der Waals surface area (Å²) in [7, 11) is 0. The summed E-state index contributed by atoms with van der Waals surface area (Å²) in [6, 6.07) is 4.46. The maximum Gasteiger partial charge on any atom is 0.266 e. The number of piperazine rings is 1. The number of hydrazine groups is 1. The Morgan fingerprint density at radius 1 is 1.17 bits per heavy atom. The predicted molar refractivity (Wildman–Crippen MR) is 91.1 cm³/mol. The molecule has 1 aliphatic heterocycles. The molecule has 0 radical (unpaired) electrons. The van der Waals surface area contributed by atoms with E-state index in [9.17, 15) is 4.79 Å². The summed E-state index contributed by atoms with van der Waals surface area (Å²) in [6.45, 7) is 6.58. The zero-order valence-corrected chi connectivity index (χ0v) is 13.9. The number of anilines is 1. The largest absolute Gasteiger partial charge is 0.354 e. The monoisotopic (exact) mass is 317 g/mol. The minimum atomic E-state index is -0.305. The van der Waals surface area contributed by atoms with Crippen LogP contribution in [0.25, 0.3) is 0 Å². The summed E-state index contributed by atoms with van der Waals surface area (Å²) in [6.07, 6.45) is 7.03. The van der Waals surface area contributed by atoms with Crippen molar-refractivity contribution in [3.8, 4) is 0 Å². The van der Waals surface area contributed by atoms with Gasteiger partial charge in [-0.1, -0.05) is 6.92 Å². The Labute approximate surface area is 138 Å². The van der Waals surface area contributed by atoms with E-state index in [0.717, 1.165) is 44.0 Å². The molecule has 0 aromatic carbocycles. The number of nitrogens with one attached hydrogen (secondary N) is 1. The van der Waals surface area contributed by atoms with Crippen LogP contribution in [0.15, 0.2) is 18.3 Å². The van der Waals surface area contributed by atoms with E-state index < -0.39 is 0 Å². The van der Waals surface area contributed by atoms with Crippen molar-refractivity contribution in [3.05, 3.63) is 23.9 Å². The molecule has 2 aliphatic rings. The molecule has 3 rings (SSSR count). The molecule has 0 atom stereocenters. The second-order valence-corrected chi connectivity index (χ2v) is 6.82. The van der Waals surface area contributed by atoms with Crippen LogP contribution in [-0.4, -0.2) is 48.0 Å². The zero-order valence-electron chi connectivity index (χ0n) is 13.9. The van der Waals surface area contributed by atoms with Crippen LogP contribution < -0.4 is 16.2 Å². The molecule has 23 heavy (non-hydrogen) atoms. The molecular weight excluding hydrogens is 290 g/mol. The molecule has 0 spiro atoms. The molecule has 1 aromatic heterocycles. The van der Waals surface area contributed by atoms with Crippen molar-refractivity contribution in [2.75, 3.05) is 31.1 Å². The number of nitrogens with two attached hydrogens (primary N) is 1. The summed E-state index contributed by atoms with van der Waals surface area (Å²) in [5.41, 5.74) is 2.62. The highest BCUT2D eigenvalue weighted by Gasteiger charge is 2.27. The standard InChI is InChI=1S/C17H27N5O/c1-13-2-5-15(6-3-13)21-8-10-22(11-9-21)16-7-4-14(12-19-16)17(23)20-18/h4,7,12-13,15H,2-3,5-6,8-11,18H2,1H3,(H,20,23)/t13-,15-. The molecule has 1 amide bonds. The SMILES string of the molecule is C[C@H]1CC[C@H](N2CCN(c3ccc(C(=O)NN)cn3)CC2)CC1. The van der Waals surface area contributed by atoms with Gasteiger partial charge in [0.25, 0.3) is 5.91 Å². The first-order chi connectivity index (χ1) is 11.2. The van der Waals surface area contributed by atoms with E-state index in [2.05, 4.69) is 27.1 Å². The fourth-order valence-corrected chi connectivity index (χ4v) is 3.71. The second kappa shape index (κ2) is 7.27. The topological polar surface area (TPSA) is 74.5 Å². The molecule has 2 fully saturated rings. The van der Waals surface area contributed by atoms with Crippen molar-refractivity contribution in [1.29, 1.82) is 0 Å². The third kappa shape index (κ3) is 3.82. The average molecular weight is 317 g/mol. The van der Waals surface area contributed by atoms with Gasteiger partial charge in [0, 0.05) is 38.4 Å². The predicted octanol–water partition coefficient (Wildman–Crippen LogP) is 1.39. The van der Waals surface area contributed by atoms with Gasteiger partial charge in [-0.2, -0.15) is 0 Å². The molecule has 6 heteroatoms. The van der Waals surface area contributed by atoms with Crippen molar-refractivity contribution >= 4 is 11.7 Å². The number of nitrogens with zero attached hydrogens (tertiary/aromatic N) is 3. The molecule has 1 saturated heterocycles. The smallest absolute Gasteiger partial charge is 0.266 e. The minimum Gasteiger partial charge on any atom is -0.354 e. The molecule has 2 heterocycles. The van der Waals surface area contributed by atoms with Gasteiger partial charge >= 0.3 is 0 Å². The highest BCUT2D eigenvalue weighted by atomic mass is 16.2. The summed E-state index contributed by atoms with van der Waals surface area (Å²) < 4.78 is 0. The number of carbonyl (C=O) groups excluding carboxylic acids is 1. The van der Waals surface area contributed by atoms with Crippen LogP contribution in [-0.2, 0) is 0 Å². The minimum absolute atomic E-state index is 0.305.